The van der Waals surface area contributed by atoms with Crippen LogP contribution in [0.1, 0.15) is 17.9 Å². The molecule has 100 valence electrons. The molecule has 3 aromatic rings. The van der Waals surface area contributed by atoms with Crippen LogP contribution in [0.25, 0.3) is 16.6 Å². The maximum absolute atomic E-state index is 13.2. The second-order valence-corrected chi connectivity index (χ2v) is 5.26. The molecule has 1 aliphatic carbocycles. The molecule has 1 saturated carbocycles. The van der Waals surface area contributed by atoms with E-state index in [0.717, 1.165) is 22.2 Å². The molecule has 2 heterocycles. The Morgan fingerprint density at radius 1 is 1.10 bits per heavy atom. The van der Waals surface area contributed by atoms with E-state index >= 15 is 0 Å². The Morgan fingerprint density at radius 3 is 2.70 bits per heavy atom. The summed E-state index contributed by atoms with van der Waals surface area (Å²) >= 11 is 0. The third-order valence-electron chi connectivity index (χ3n) is 3.85. The van der Waals surface area contributed by atoms with Crippen molar-refractivity contribution in [2.24, 2.45) is 0 Å². The normalized spacial score (nSPS) is 20.2. The number of aromatic nitrogens is 2. The first kappa shape index (κ1) is 11.6. The molecule has 2 aromatic heterocycles. The van der Waals surface area contributed by atoms with Crippen molar-refractivity contribution in [1.82, 2.24) is 9.61 Å². The smallest absolute Gasteiger partial charge is 0.241 e. The number of rotatable bonds is 2. The second-order valence-electron chi connectivity index (χ2n) is 5.26. The van der Waals surface area contributed by atoms with Gasteiger partial charge in [-0.2, -0.15) is 5.10 Å². The quantitative estimate of drug-likeness (QED) is 0.684. The van der Waals surface area contributed by atoms with Gasteiger partial charge in [0, 0.05) is 18.8 Å². The lowest BCUT2D eigenvalue weighted by Crippen LogP contribution is -1.93. The van der Waals surface area contributed by atoms with E-state index in [0.29, 0.717) is 0 Å². The maximum atomic E-state index is 13.2. The predicted molar refractivity (Wildman–Crippen MR) is 72.9 cm³/mol. The number of hydrogen-bond acceptors (Lipinski definition) is 1. The lowest BCUT2D eigenvalue weighted by Gasteiger charge is -2.06. The fourth-order valence-corrected chi connectivity index (χ4v) is 2.61. The molecule has 0 radical (unpaired) electrons. The SMILES string of the molecule is FC1(F)CC1c1cccc(-c2ccn3nccc3c2)c1. The number of hydrogen-bond donors (Lipinski definition) is 0. The standard InChI is InChI=1S/C16H12F2N2/c17-16(18)10-15(16)13-3-1-2-11(8-13)12-5-7-20-14(9-12)4-6-19-20/h1-9,15H,10H2. The van der Waals surface area contributed by atoms with Gasteiger partial charge in [-0.25, -0.2) is 13.3 Å². The Morgan fingerprint density at radius 2 is 1.90 bits per heavy atom. The lowest BCUT2D eigenvalue weighted by molar-refractivity contribution is 0.112. The van der Waals surface area contributed by atoms with E-state index in [1.165, 1.54) is 0 Å². The monoisotopic (exact) mass is 270 g/mol. The molecule has 0 amide bonds. The lowest BCUT2D eigenvalue weighted by atomic mass is 10.0. The average molecular weight is 270 g/mol. The Kier molecular flexibility index (Phi) is 2.25. The molecule has 0 aliphatic heterocycles. The van der Waals surface area contributed by atoms with Crippen molar-refractivity contribution < 1.29 is 8.78 Å². The molecule has 1 aromatic carbocycles. The molecular formula is C16H12F2N2. The van der Waals surface area contributed by atoms with Crippen LogP contribution in [0.3, 0.4) is 0 Å². The van der Waals surface area contributed by atoms with Gasteiger partial charge in [0.2, 0.25) is 0 Å². The van der Waals surface area contributed by atoms with E-state index in [1.54, 1.807) is 16.8 Å². The minimum atomic E-state index is -2.52. The summed E-state index contributed by atoms with van der Waals surface area (Å²) in [5, 5.41) is 4.15. The van der Waals surface area contributed by atoms with Crippen LogP contribution in [-0.4, -0.2) is 15.5 Å². The molecule has 1 aliphatic rings. The summed E-state index contributed by atoms with van der Waals surface area (Å²) in [5.74, 6) is -3.13. The third-order valence-corrected chi connectivity index (χ3v) is 3.85. The highest BCUT2D eigenvalue weighted by Crippen LogP contribution is 2.55. The van der Waals surface area contributed by atoms with Crippen molar-refractivity contribution in [3.8, 4) is 11.1 Å². The van der Waals surface area contributed by atoms with Crippen molar-refractivity contribution in [3.05, 3.63) is 60.4 Å². The topological polar surface area (TPSA) is 17.3 Å². The predicted octanol–water partition coefficient (Wildman–Crippen LogP) is 4.12. The highest BCUT2D eigenvalue weighted by atomic mass is 19.3. The van der Waals surface area contributed by atoms with E-state index in [-0.39, 0.29) is 6.42 Å². The van der Waals surface area contributed by atoms with Crippen LogP contribution < -0.4 is 0 Å². The van der Waals surface area contributed by atoms with Gasteiger partial charge in [0.25, 0.3) is 5.92 Å². The molecule has 0 bridgehead atoms. The summed E-state index contributed by atoms with van der Waals surface area (Å²) in [6.45, 7) is 0. The van der Waals surface area contributed by atoms with Gasteiger partial charge < -0.3 is 0 Å². The van der Waals surface area contributed by atoms with Crippen LogP contribution in [-0.2, 0) is 0 Å². The Hall–Kier alpha value is -2.23. The summed E-state index contributed by atoms with van der Waals surface area (Å²) < 4.78 is 28.1. The first-order valence-corrected chi connectivity index (χ1v) is 6.55. The first-order valence-electron chi connectivity index (χ1n) is 6.55. The van der Waals surface area contributed by atoms with E-state index in [2.05, 4.69) is 5.10 Å². The van der Waals surface area contributed by atoms with Crippen LogP contribution in [0.5, 0.6) is 0 Å². The third kappa shape index (κ3) is 1.80. The zero-order chi connectivity index (χ0) is 13.7. The fraction of sp³-hybridized carbons (Fsp3) is 0.188. The summed E-state index contributed by atoms with van der Waals surface area (Å²) in [6, 6.07) is 13.3. The molecule has 20 heavy (non-hydrogen) atoms. The maximum Gasteiger partial charge on any atom is 0.255 e. The van der Waals surface area contributed by atoms with Crippen LogP contribution in [0, 0.1) is 0 Å². The number of alkyl halides is 2. The number of nitrogens with zero attached hydrogens (tertiary/aromatic N) is 2. The molecule has 0 N–H and O–H groups in total. The minimum Gasteiger partial charge on any atom is -0.241 e. The average Bonchev–Trinajstić information content (AvgIpc) is 2.88. The molecular weight excluding hydrogens is 258 g/mol. The molecule has 4 heteroatoms. The molecule has 4 rings (SSSR count). The second kappa shape index (κ2) is 3.88. The number of benzene rings is 1. The largest absolute Gasteiger partial charge is 0.255 e. The van der Waals surface area contributed by atoms with Gasteiger partial charge >= 0.3 is 0 Å². The van der Waals surface area contributed by atoms with Crippen LogP contribution in [0.15, 0.2) is 54.9 Å². The van der Waals surface area contributed by atoms with Crippen molar-refractivity contribution in [1.29, 1.82) is 0 Å². The molecule has 1 fully saturated rings. The molecule has 0 spiro atoms. The first-order chi connectivity index (χ1) is 9.63. The Labute approximate surface area is 114 Å². The van der Waals surface area contributed by atoms with Crippen molar-refractivity contribution >= 4 is 5.52 Å². The molecule has 1 atom stereocenters. The van der Waals surface area contributed by atoms with Gasteiger partial charge in [-0.3, -0.25) is 0 Å². The summed E-state index contributed by atoms with van der Waals surface area (Å²) in [6.07, 6.45) is 3.58. The molecule has 1 unspecified atom stereocenters. The van der Waals surface area contributed by atoms with Crippen LogP contribution >= 0.6 is 0 Å². The van der Waals surface area contributed by atoms with Gasteiger partial charge in [0.05, 0.1) is 11.4 Å². The van der Waals surface area contributed by atoms with Crippen LogP contribution in [0.2, 0.25) is 0 Å². The van der Waals surface area contributed by atoms with Gasteiger partial charge in [-0.15, -0.1) is 0 Å². The number of pyridine rings is 1. The number of fused-ring (bicyclic) bond motifs is 1. The van der Waals surface area contributed by atoms with Gasteiger partial charge in [-0.05, 0) is 34.9 Å². The van der Waals surface area contributed by atoms with E-state index in [9.17, 15) is 8.78 Å². The highest BCUT2D eigenvalue weighted by Gasteiger charge is 2.57. The van der Waals surface area contributed by atoms with Crippen molar-refractivity contribution in [3.63, 3.8) is 0 Å². The zero-order valence-electron chi connectivity index (χ0n) is 10.6. The number of halogens is 2. The highest BCUT2D eigenvalue weighted by molar-refractivity contribution is 5.69. The summed E-state index contributed by atoms with van der Waals surface area (Å²) in [7, 11) is 0. The van der Waals surface area contributed by atoms with Crippen LogP contribution in [0.4, 0.5) is 8.78 Å². The van der Waals surface area contributed by atoms with E-state index < -0.39 is 11.8 Å². The van der Waals surface area contributed by atoms with E-state index in [4.69, 9.17) is 0 Å². The minimum absolute atomic E-state index is 0.0297. The summed E-state index contributed by atoms with van der Waals surface area (Å²) in [5.41, 5.74) is 3.70. The Balaban J connectivity index is 1.76. The fourth-order valence-electron chi connectivity index (χ4n) is 2.61. The van der Waals surface area contributed by atoms with Gasteiger partial charge in [-0.1, -0.05) is 24.3 Å². The van der Waals surface area contributed by atoms with Crippen molar-refractivity contribution in [2.45, 2.75) is 18.3 Å². The Bertz CT molecular complexity index is 792. The van der Waals surface area contributed by atoms with Crippen molar-refractivity contribution in [2.75, 3.05) is 0 Å². The summed E-state index contributed by atoms with van der Waals surface area (Å²) in [4.78, 5) is 0. The van der Waals surface area contributed by atoms with E-state index in [1.807, 2.05) is 42.6 Å². The molecule has 2 nitrogen and oxygen atoms in total. The van der Waals surface area contributed by atoms with Gasteiger partial charge in [0.15, 0.2) is 0 Å². The molecule has 0 saturated heterocycles. The zero-order valence-corrected chi connectivity index (χ0v) is 10.6. The van der Waals surface area contributed by atoms with Gasteiger partial charge in [0.1, 0.15) is 0 Å².